The first kappa shape index (κ1) is 29.7. The summed E-state index contributed by atoms with van der Waals surface area (Å²) in [7, 11) is 1.58. The highest BCUT2D eigenvalue weighted by molar-refractivity contribution is 14.1. The Bertz CT molecular complexity index is 1710. The van der Waals surface area contributed by atoms with E-state index in [2.05, 4.69) is 78.4 Å². The molecular weight excluding hydrogens is 727 g/mol. The predicted octanol–water partition coefficient (Wildman–Crippen LogP) is 8.58. The largest absolute Gasteiger partial charge is 0.493 e. The second kappa shape index (κ2) is 14.0. The maximum atomic E-state index is 12.7. The molecular formula is C32H26BrIN4O3S. The molecule has 1 aromatic heterocycles. The van der Waals surface area contributed by atoms with Crippen LogP contribution in [0.2, 0.25) is 0 Å². The number of carbonyl (C=O) groups is 1. The summed E-state index contributed by atoms with van der Waals surface area (Å²) in [5.41, 5.74) is 8.80. The SMILES string of the molecule is COc1cc(/C=N\NC(=O)c2ccc(-c3csc(Nc4ccc(C)cc4)n3)cc2)c(Br)cc1OCc1ccc(I)cc1. The molecule has 0 saturated heterocycles. The molecule has 0 saturated carbocycles. The van der Waals surface area contributed by atoms with Crippen molar-refractivity contribution in [3.63, 3.8) is 0 Å². The van der Waals surface area contributed by atoms with Gasteiger partial charge in [0.25, 0.3) is 5.91 Å². The standard InChI is InChI=1S/C32H26BrIN4O3S/c1-20-3-13-26(14-4-20)36-32-37-28(19-42-32)22-7-9-23(10-8-22)31(39)38-35-17-24-15-29(40-2)30(16-27(24)33)41-18-21-5-11-25(34)12-6-21/h3-17,19H,18H2,1-2H3,(H,36,37)(H,38,39)/b35-17-. The Morgan fingerprint density at radius 3 is 2.48 bits per heavy atom. The molecule has 0 aliphatic heterocycles. The number of carbonyl (C=O) groups excluding carboxylic acids is 1. The molecule has 5 rings (SSSR count). The van der Waals surface area contributed by atoms with Gasteiger partial charge in [0, 0.05) is 35.8 Å². The summed E-state index contributed by atoms with van der Waals surface area (Å²) < 4.78 is 13.4. The number of nitrogens with one attached hydrogen (secondary N) is 2. The number of nitrogens with zero attached hydrogens (tertiary/aromatic N) is 2. The van der Waals surface area contributed by atoms with Crippen molar-refractivity contribution in [2.45, 2.75) is 13.5 Å². The van der Waals surface area contributed by atoms with Gasteiger partial charge in [0.05, 0.1) is 19.0 Å². The van der Waals surface area contributed by atoms with Crippen molar-refractivity contribution < 1.29 is 14.3 Å². The van der Waals surface area contributed by atoms with E-state index in [1.807, 2.05) is 60.0 Å². The number of amides is 1. The molecule has 0 unspecified atom stereocenters. The molecule has 0 fully saturated rings. The third-order valence-corrected chi connectivity index (χ3v) is 8.37. The molecule has 0 aliphatic rings. The van der Waals surface area contributed by atoms with Crippen molar-refractivity contribution in [3.8, 4) is 22.8 Å². The number of methoxy groups -OCH3 is 1. The predicted molar refractivity (Wildman–Crippen MR) is 181 cm³/mol. The molecule has 7 nitrogen and oxygen atoms in total. The fraction of sp³-hybridized carbons (Fsp3) is 0.0938. The molecule has 42 heavy (non-hydrogen) atoms. The van der Waals surface area contributed by atoms with E-state index in [0.717, 1.165) is 37.7 Å². The quantitative estimate of drug-likeness (QED) is 0.0849. The molecule has 2 N–H and O–H groups in total. The highest BCUT2D eigenvalue weighted by Gasteiger charge is 2.11. The summed E-state index contributed by atoms with van der Waals surface area (Å²) >= 11 is 7.36. The van der Waals surface area contributed by atoms with E-state index in [9.17, 15) is 4.79 Å². The second-order valence-electron chi connectivity index (χ2n) is 9.25. The van der Waals surface area contributed by atoms with E-state index in [-0.39, 0.29) is 5.91 Å². The van der Waals surface area contributed by atoms with Crippen molar-refractivity contribution in [2.75, 3.05) is 12.4 Å². The second-order valence-corrected chi connectivity index (χ2v) is 12.2. The first-order valence-corrected chi connectivity index (χ1v) is 15.6. The monoisotopic (exact) mass is 752 g/mol. The van der Waals surface area contributed by atoms with Crippen LogP contribution in [-0.4, -0.2) is 24.2 Å². The summed E-state index contributed by atoms with van der Waals surface area (Å²) in [5.74, 6) is 0.840. The lowest BCUT2D eigenvalue weighted by atomic mass is 10.1. The van der Waals surface area contributed by atoms with Crippen LogP contribution >= 0.6 is 49.9 Å². The lowest BCUT2D eigenvalue weighted by molar-refractivity contribution is 0.0955. The van der Waals surface area contributed by atoms with E-state index in [1.165, 1.54) is 20.5 Å². The zero-order valence-corrected chi connectivity index (χ0v) is 27.3. The summed E-state index contributed by atoms with van der Waals surface area (Å²) in [6, 6.07) is 27.2. The Hall–Kier alpha value is -3.74. The van der Waals surface area contributed by atoms with Crippen LogP contribution in [0.3, 0.4) is 0 Å². The zero-order chi connectivity index (χ0) is 29.5. The van der Waals surface area contributed by atoms with E-state index in [4.69, 9.17) is 9.47 Å². The normalized spacial score (nSPS) is 11.0. The third-order valence-electron chi connectivity index (χ3n) is 6.21. The maximum Gasteiger partial charge on any atom is 0.271 e. The van der Waals surface area contributed by atoms with E-state index < -0.39 is 0 Å². The molecule has 0 spiro atoms. The molecule has 4 aromatic carbocycles. The average Bonchev–Trinajstić information content (AvgIpc) is 3.47. The molecule has 1 amide bonds. The number of halogens is 2. The van der Waals surface area contributed by atoms with Gasteiger partial charge in [0.15, 0.2) is 16.6 Å². The van der Waals surface area contributed by atoms with Crippen LogP contribution in [0.25, 0.3) is 11.3 Å². The Morgan fingerprint density at radius 1 is 1.02 bits per heavy atom. The minimum atomic E-state index is -0.321. The number of aryl methyl sites for hydroxylation is 1. The summed E-state index contributed by atoms with van der Waals surface area (Å²) in [4.78, 5) is 17.4. The van der Waals surface area contributed by atoms with Gasteiger partial charge in [-0.1, -0.05) is 42.0 Å². The fourth-order valence-corrected chi connectivity index (χ4v) is 5.43. The summed E-state index contributed by atoms with van der Waals surface area (Å²) in [6.45, 7) is 2.47. The smallest absolute Gasteiger partial charge is 0.271 e. The van der Waals surface area contributed by atoms with Gasteiger partial charge in [-0.15, -0.1) is 11.3 Å². The topological polar surface area (TPSA) is 84.8 Å². The third kappa shape index (κ3) is 7.75. The van der Waals surface area contributed by atoms with E-state index in [1.54, 1.807) is 31.5 Å². The van der Waals surface area contributed by atoms with E-state index in [0.29, 0.717) is 23.7 Å². The van der Waals surface area contributed by atoms with Crippen molar-refractivity contribution in [1.82, 2.24) is 10.4 Å². The van der Waals surface area contributed by atoms with Gasteiger partial charge in [-0.3, -0.25) is 4.79 Å². The fourth-order valence-electron chi connectivity index (χ4n) is 3.91. The molecule has 5 aromatic rings. The Morgan fingerprint density at radius 2 is 1.76 bits per heavy atom. The number of hydrazone groups is 1. The van der Waals surface area contributed by atoms with Gasteiger partial charge in [-0.25, -0.2) is 10.4 Å². The van der Waals surface area contributed by atoms with Gasteiger partial charge in [-0.2, -0.15) is 5.10 Å². The zero-order valence-electron chi connectivity index (χ0n) is 22.7. The van der Waals surface area contributed by atoms with Gasteiger partial charge < -0.3 is 14.8 Å². The number of anilines is 2. The van der Waals surface area contributed by atoms with Gasteiger partial charge in [0.2, 0.25) is 0 Å². The van der Waals surface area contributed by atoms with Crippen molar-refractivity contribution >= 4 is 72.8 Å². The lowest BCUT2D eigenvalue weighted by Crippen LogP contribution is -2.17. The van der Waals surface area contributed by atoms with Gasteiger partial charge in [0.1, 0.15) is 6.61 Å². The molecule has 212 valence electrons. The summed E-state index contributed by atoms with van der Waals surface area (Å²) in [5, 5.41) is 10.3. The minimum absolute atomic E-state index is 0.321. The van der Waals surface area contributed by atoms with Crippen molar-refractivity contribution in [3.05, 3.63) is 121 Å². The molecule has 0 radical (unpaired) electrons. The van der Waals surface area contributed by atoms with Crippen LogP contribution < -0.4 is 20.2 Å². The highest BCUT2D eigenvalue weighted by Crippen LogP contribution is 2.33. The number of aromatic nitrogens is 1. The maximum absolute atomic E-state index is 12.7. The molecule has 0 atom stereocenters. The van der Waals surface area contributed by atoms with Crippen LogP contribution in [0.15, 0.2) is 99.9 Å². The molecule has 1 heterocycles. The van der Waals surface area contributed by atoms with Gasteiger partial charge in [-0.05, 0) is 99.5 Å². The van der Waals surface area contributed by atoms with Gasteiger partial charge >= 0.3 is 0 Å². The minimum Gasteiger partial charge on any atom is -0.493 e. The molecule has 0 bridgehead atoms. The number of hydrogen-bond donors (Lipinski definition) is 2. The Balaban J connectivity index is 1.18. The average molecular weight is 753 g/mol. The summed E-state index contributed by atoms with van der Waals surface area (Å²) in [6.07, 6.45) is 1.56. The first-order chi connectivity index (χ1) is 20.4. The van der Waals surface area contributed by atoms with Crippen LogP contribution in [0.1, 0.15) is 27.0 Å². The molecule has 0 aliphatic carbocycles. The number of thiazole rings is 1. The highest BCUT2D eigenvalue weighted by atomic mass is 127. The Kier molecular flexibility index (Phi) is 9.88. The lowest BCUT2D eigenvalue weighted by Gasteiger charge is -2.13. The number of benzene rings is 4. The van der Waals surface area contributed by atoms with Crippen molar-refractivity contribution in [1.29, 1.82) is 0 Å². The number of rotatable bonds is 10. The Labute approximate surface area is 270 Å². The number of hydrogen-bond acceptors (Lipinski definition) is 7. The van der Waals surface area contributed by atoms with E-state index >= 15 is 0 Å². The van der Waals surface area contributed by atoms with Crippen molar-refractivity contribution in [2.24, 2.45) is 5.10 Å². The first-order valence-electron chi connectivity index (χ1n) is 12.9. The van der Waals surface area contributed by atoms with Crippen LogP contribution in [0.4, 0.5) is 10.8 Å². The van der Waals surface area contributed by atoms with Crippen LogP contribution in [0.5, 0.6) is 11.5 Å². The molecule has 10 heteroatoms. The van der Waals surface area contributed by atoms with Crippen LogP contribution in [0, 0.1) is 10.5 Å². The number of ether oxygens (including phenoxy) is 2. The van der Waals surface area contributed by atoms with Crippen LogP contribution in [-0.2, 0) is 6.61 Å².